The van der Waals surface area contributed by atoms with Crippen LogP contribution in [0.3, 0.4) is 0 Å². The number of likely N-dealkylation sites (tertiary alicyclic amines) is 1. The molecule has 2 aliphatic carbocycles. The summed E-state index contributed by atoms with van der Waals surface area (Å²) in [5, 5.41) is 26.3. The Morgan fingerprint density at radius 2 is 1.70 bits per heavy atom. The van der Waals surface area contributed by atoms with E-state index in [0.29, 0.717) is 35.2 Å². The number of imidazole rings is 1. The topological polar surface area (TPSA) is 228 Å². The zero-order chi connectivity index (χ0) is 46.1. The number of likely N-dealkylation sites (N-methyl/N-ethyl adjacent to an activating group) is 1. The Hall–Kier alpha value is -6.53. The molecule has 18 nitrogen and oxygen atoms in total. The summed E-state index contributed by atoms with van der Waals surface area (Å²) in [6, 6.07) is 10.3. The van der Waals surface area contributed by atoms with Gasteiger partial charge in [-0.3, -0.25) is 38.9 Å². The number of urea groups is 1. The molecule has 2 aromatic carbocycles. The summed E-state index contributed by atoms with van der Waals surface area (Å²) in [5.41, 5.74) is 2.28. The minimum atomic E-state index is -1.19. The van der Waals surface area contributed by atoms with Crippen LogP contribution < -0.4 is 36.7 Å². The van der Waals surface area contributed by atoms with Crippen molar-refractivity contribution >= 4 is 40.6 Å². The number of amides is 5. The maximum atomic E-state index is 11.8. The number of aromatic nitrogens is 4. The van der Waals surface area contributed by atoms with E-state index in [1.807, 2.05) is 26.0 Å². The molecule has 5 amide bonds. The Bertz CT molecular complexity index is 2570. The number of fused-ring (bicyclic) bond motifs is 1. The van der Waals surface area contributed by atoms with E-state index in [9.17, 15) is 33.9 Å². The number of rotatable bonds is 6. The highest BCUT2D eigenvalue weighted by Gasteiger charge is 2.64. The first-order chi connectivity index (χ1) is 29.8. The molecule has 2 aromatic heterocycles. The molecule has 2 bridgehead atoms. The highest BCUT2D eigenvalue weighted by atomic mass is 16.5. The van der Waals surface area contributed by atoms with Crippen LogP contribution in [0.5, 0.6) is 17.2 Å². The summed E-state index contributed by atoms with van der Waals surface area (Å²) >= 11 is 0. The van der Waals surface area contributed by atoms with Gasteiger partial charge in [-0.05, 0) is 81.1 Å². The Morgan fingerprint density at radius 1 is 1.03 bits per heavy atom. The fourth-order valence-electron chi connectivity index (χ4n) is 9.59. The molecule has 5 heterocycles. The molecule has 5 atom stereocenters. The Morgan fingerprint density at radius 3 is 2.30 bits per heavy atom. The first-order valence-electron chi connectivity index (χ1n) is 20.7. The Kier molecular flexibility index (Phi) is 13.2. The van der Waals surface area contributed by atoms with Crippen molar-refractivity contribution in [2.75, 3.05) is 26.0 Å². The highest BCUT2D eigenvalue weighted by molar-refractivity contribution is 6.19. The zero-order valence-electron chi connectivity index (χ0n) is 36.8. The fourth-order valence-corrected chi connectivity index (χ4v) is 9.59. The molecule has 3 aliphatic heterocycles. The number of aryl methyl sites for hydroxylation is 2. The van der Waals surface area contributed by atoms with Gasteiger partial charge in [-0.25, -0.2) is 14.6 Å². The number of aliphatic hydroxyl groups excluding tert-OH is 1. The molecule has 63 heavy (non-hydrogen) atoms. The second kappa shape index (κ2) is 18.1. The summed E-state index contributed by atoms with van der Waals surface area (Å²) in [5.74, 6) is 1.27. The monoisotopic (exact) mass is 868 g/mol. The molecule has 4 aromatic rings. The molecule has 336 valence electrons. The summed E-state index contributed by atoms with van der Waals surface area (Å²) in [4.78, 5) is 74.8. The number of hydrogen-bond donors (Lipinski definition) is 5. The van der Waals surface area contributed by atoms with Crippen LogP contribution in [0.25, 0.3) is 11.2 Å². The molecule has 2 fully saturated rings. The van der Waals surface area contributed by atoms with E-state index < -0.39 is 29.4 Å². The molecular formula is C45H56N8O10. The number of hydrogen-bond acceptors (Lipinski definition) is 12. The van der Waals surface area contributed by atoms with Crippen LogP contribution >= 0.6 is 0 Å². The number of nitrogens with zero attached hydrogens (tertiary/aromatic N) is 5. The average molecular weight is 869 g/mol. The fraction of sp³-hybridized carbons (Fsp3) is 0.444. The molecule has 1 spiro atoms. The number of anilines is 1. The van der Waals surface area contributed by atoms with Crippen molar-refractivity contribution in [1.82, 2.24) is 34.2 Å². The number of benzene rings is 2. The molecular weight excluding hydrogens is 813 g/mol. The van der Waals surface area contributed by atoms with Gasteiger partial charge in [-0.2, -0.15) is 0 Å². The lowest BCUT2D eigenvalue weighted by Gasteiger charge is -2.56. The van der Waals surface area contributed by atoms with E-state index in [2.05, 4.69) is 51.6 Å². The molecule has 0 radical (unpaired) electrons. The van der Waals surface area contributed by atoms with Crippen molar-refractivity contribution < 1.29 is 38.9 Å². The number of carbonyl (C=O) groups is 4. The third-order valence-electron chi connectivity index (χ3n) is 12.4. The quantitative estimate of drug-likeness (QED) is 0.107. The van der Waals surface area contributed by atoms with E-state index in [0.717, 1.165) is 35.5 Å². The normalized spacial score (nSPS) is 23.3. The first-order valence-corrected chi connectivity index (χ1v) is 20.7. The molecule has 18 heteroatoms. The lowest BCUT2D eigenvalue weighted by molar-refractivity contribution is -0.145. The predicted octanol–water partition coefficient (Wildman–Crippen LogP) is 2.78. The van der Waals surface area contributed by atoms with Crippen LogP contribution in [0.2, 0.25) is 0 Å². The van der Waals surface area contributed by atoms with Crippen LogP contribution in [0.1, 0.15) is 51.2 Å². The van der Waals surface area contributed by atoms with E-state index in [1.165, 1.54) is 54.2 Å². The number of aliphatic hydroxyl groups is 1. The van der Waals surface area contributed by atoms with Crippen molar-refractivity contribution in [3.8, 4) is 17.2 Å². The summed E-state index contributed by atoms with van der Waals surface area (Å²) in [7, 11) is 8.68. The van der Waals surface area contributed by atoms with Crippen molar-refractivity contribution in [1.29, 1.82) is 0 Å². The molecule has 5 aliphatic rings. The number of nitrogens with one attached hydrogen (secondary N) is 3. The second-order valence-corrected chi connectivity index (χ2v) is 17.0. The van der Waals surface area contributed by atoms with Crippen LogP contribution in [0.15, 0.2) is 77.1 Å². The summed E-state index contributed by atoms with van der Waals surface area (Å²) in [6.45, 7) is 9.88. The van der Waals surface area contributed by atoms with Crippen LogP contribution in [-0.4, -0.2) is 96.5 Å². The number of ether oxygens (including phenoxy) is 2. The smallest absolute Gasteiger partial charge is 0.332 e. The number of methoxy groups -OCH3 is 1. The number of piperidine rings is 1. The third kappa shape index (κ3) is 8.39. The summed E-state index contributed by atoms with van der Waals surface area (Å²) in [6.07, 6.45) is 9.21. The molecule has 9 rings (SSSR count). The standard InChI is InChI=1S/C18H21NO3.C11H16N2O3.C8H10N4O2.C8H9NO2/c1-19-8-7-18-11-4-5-13(20)17(18)22-16-14(21-2)6-3-10(15(16)18)9-12(11)19;1-4-5-11(6-7(2)3)8(14)12-10(16)13-9(11)15;1-10-4-9-6-5(10)7(13)12(3)8(14)11(6)2;1-6(10)9-7-2-4-8(11)5-3-7/h3-6,11-13,17,20H,7-9H2,1-2H3;4,7H,1,5-6H2,2-3H3,(H2,12,13,14,15,16);4H,1-3H3;2-5,11H,1H3,(H,9,10)/t11-,12+,13-,17-,18-;;;/m0.../s1. The second-order valence-electron chi connectivity index (χ2n) is 17.0. The van der Waals surface area contributed by atoms with Gasteiger partial charge in [-0.15, -0.1) is 6.58 Å². The zero-order valence-corrected chi connectivity index (χ0v) is 36.8. The van der Waals surface area contributed by atoms with Gasteiger partial charge in [0.1, 0.15) is 23.4 Å². The van der Waals surface area contributed by atoms with Crippen molar-refractivity contribution in [3.05, 3.63) is 99.5 Å². The van der Waals surface area contributed by atoms with Crippen molar-refractivity contribution in [3.63, 3.8) is 0 Å². The number of carbonyl (C=O) groups excluding carboxylic acids is 4. The van der Waals surface area contributed by atoms with E-state index in [4.69, 9.17) is 14.6 Å². The van der Waals surface area contributed by atoms with Gasteiger partial charge in [0.15, 0.2) is 22.7 Å². The molecule has 0 saturated carbocycles. The minimum Gasteiger partial charge on any atom is -0.508 e. The molecule has 0 unspecified atom stereocenters. The van der Waals surface area contributed by atoms with E-state index >= 15 is 0 Å². The number of imide groups is 2. The minimum absolute atomic E-state index is 0.0806. The van der Waals surface area contributed by atoms with Gasteiger partial charge in [0, 0.05) is 56.7 Å². The van der Waals surface area contributed by atoms with Gasteiger partial charge >= 0.3 is 11.7 Å². The average Bonchev–Trinajstić information content (AvgIpc) is 3.80. The maximum absolute atomic E-state index is 11.8. The first kappa shape index (κ1) is 46.0. The SMILES string of the molecule is C=CCC1(CC(C)C)C(=O)NC(=O)NC1=O.CC(=O)Nc1ccc(O)cc1.COc1ccc2c3c1O[C@H]1[C@@H](O)C=C[C@H]4[C@@H](C2)N(C)CC[C@@]341.Cn1c(=O)c2c(ncn2C)n(C)c1=O. The number of phenols is 1. The van der Waals surface area contributed by atoms with Crippen molar-refractivity contribution in [2.24, 2.45) is 38.4 Å². The van der Waals surface area contributed by atoms with E-state index in [1.54, 1.807) is 37.9 Å². The number of phenolic OH excluding ortho intramolecular Hbond substituents is 1. The highest BCUT2D eigenvalue weighted by Crippen LogP contribution is 2.62. The van der Waals surface area contributed by atoms with Crippen LogP contribution in [0, 0.1) is 17.3 Å². The van der Waals surface area contributed by atoms with Crippen LogP contribution in [0.4, 0.5) is 10.5 Å². The lowest BCUT2D eigenvalue weighted by Crippen LogP contribution is -2.64. The Balaban J connectivity index is 0.000000145. The van der Waals surface area contributed by atoms with Crippen molar-refractivity contribution in [2.45, 2.75) is 70.1 Å². The lowest BCUT2D eigenvalue weighted by atomic mass is 9.53. The predicted molar refractivity (Wildman–Crippen MR) is 234 cm³/mol. The molecule has 5 N–H and O–H groups in total. The number of aromatic hydroxyl groups is 1. The number of barbiturate groups is 1. The Labute approximate surface area is 364 Å². The molecule has 2 saturated heterocycles. The summed E-state index contributed by atoms with van der Waals surface area (Å²) < 4.78 is 15.9. The van der Waals surface area contributed by atoms with Gasteiger partial charge < -0.3 is 34.5 Å². The van der Waals surface area contributed by atoms with E-state index in [-0.39, 0.29) is 46.8 Å². The van der Waals surface area contributed by atoms with Gasteiger partial charge in [0.05, 0.1) is 13.4 Å². The number of allylic oxidation sites excluding steroid dienone is 1. The largest absolute Gasteiger partial charge is 0.508 e. The van der Waals surface area contributed by atoms with Crippen LogP contribution in [-0.2, 0) is 47.4 Å². The maximum Gasteiger partial charge on any atom is 0.332 e. The van der Waals surface area contributed by atoms with Gasteiger partial charge in [0.2, 0.25) is 17.7 Å². The van der Waals surface area contributed by atoms with Gasteiger partial charge in [-0.1, -0.05) is 38.1 Å². The third-order valence-corrected chi connectivity index (χ3v) is 12.4. The van der Waals surface area contributed by atoms with Gasteiger partial charge in [0.25, 0.3) is 5.56 Å².